The number of methoxy groups -OCH3 is 1. The van der Waals surface area contributed by atoms with E-state index < -0.39 is 143 Å². The molecule has 0 unspecified atom stereocenters. The lowest BCUT2D eigenvalue weighted by molar-refractivity contribution is -0.140. The van der Waals surface area contributed by atoms with Crippen LogP contribution in [0.4, 0.5) is 4.79 Å². The van der Waals surface area contributed by atoms with E-state index in [-0.39, 0.29) is 42.0 Å². The maximum Gasteiger partial charge on any atom is 0.410 e. The Labute approximate surface area is 392 Å². The monoisotopic (exact) mass is 974 g/mol. The average molecular weight is 975 g/mol. The summed E-state index contributed by atoms with van der Waals surface area (Å²) in [5, 5.41) is 30.2. The van der Waals surface area contributed by atoms with Crippen molar-refractivity contribution in [3.8, 4) is 5.75 Å². The molecule has 25 heteroatoms. The minimum Gasteiger partial charge on any atom is -0.497 e. The number of nitrogens with zero attached hydrogens (tertiary/aromatic N) is 2. The SMILES string of the molecule is COc1ccc(S(=O)(=O)N(CC(=O)N[C@@H](CC(C)C)C(=O)N[C@@H](CCC(=O)O)C(=O)N[C@@H](CCC(=O)O)C(=O)N[C@@H](C)C(N)=O)C(=O)CNC(=O)[C@@H]2CCCN2C(=O)OCc2ccccc2)cc1. The van der Waals surface area contributed by atoms with E-state index in [0.29, 0.717) is 12.0 Å². The fourth-order valence-corrected chi connectivity index (χ4v) is 8.04. The minimum atomic E-state index is -4.88. The van der Waals surface area contributed by atoms with E-state index in [1.807, 2.05) is 0 Å². The topological polar surface area (TPSA) is 356 Å². The van der Waals surface area contributed by atoms with E-state index in [1.165, 1.54) is 31.1 Å². The molecule has 3 rings (SSSR count). The van der Waals surface area contributed by atoms with Gasteiger partial charge in [0.2, 0.25) is 35.4 Å². The van der Waals surface area contributed by atoms with Crippen molar-refractivity contribution in [1.29, 1.82) is 0 Å². The lowest BCUT2D eigenvalue weighted by Crippen LogP contribution is -2.58. The van der Waals surface area contributed by atoms with Gasteiger partial charge >= 0.3 is 18.0 Å². The summed E-state index contributed by atoms with van der Waals surface area (Å²) in [5.41, 5.74) is 5.91. The number of amides is 8. The average Bonchev–Trinajstić information content (AvgIpc) is 3.79. The molecule has 9 N–H and O–H groups in total. The molecule has 68 heavy (non-hydrogen) atoms. The van der Waals surface area contributed by atoms with Crippen LogP contribution < -0.4 is 37.1 Å². The second-order valence-electron chi connectivity index (χ2n) is 16.1. The Morgan fingerprint density at radius 2 is 1.35 bits per heavy atom. The molecular formula is C43H58N8O16S. The highest BCUT2D eigenvalue weighted by Crippen LogP contribution is 2.22. The van der Waals surface area contributed by atoms with Gasteiger partial charge in [0.25, 0.3) is 15.9 Å². The number of ether oxygens (including phenoxy) is 2. The van der Waals surface area contributed by atoms with Crippen LogP contribution in [0.2, 0.25) is 0 Å². The first kappa shape index (κ1) is 55.0. The van der Waals surface area contributed by atoms with Gasteiger partial charge in [0, 0.05) is 19.4 Å². The van der Waals surface area contributed by atoms with Crippen molar-refractivity contribution in [1.82, 2.24) is 35.8 Å². The zero-order chi connectivity index (χ0) is 50.7. The molecule has 24 nitrogen and oxygen atoms in total. The summed E-state index contributed by atoms with van der Waals surface area (Å²) in [6.07, 6.45) is -2.71. The number of carboxylic acid groups (broad SMARTS) is 2. The molecule has 0 aliphatic carbocycles. The Hall–Kier alpha value is -7.31. The van der Waals surface area contributed by atoms with Crippen molar-refractivity contribution >= 4 is 69.4 Å². The predicted molar refractivity (Wildman–Crippen MR) is 237 cm³/mol. The summed E-state index contributed by atoms with van der Waals surface area (Å²) in [6.45, 7) is 2.43. The number of carbonyl (C=O) groups is 10. The molecule has 1 saturated heterocycles. The number of likely N-dealkylation sites (tertiary alicyclic amines) is 1. The summed E-state index contributed by atoms with van der Waals surface area (Å²) in [4.78, 5) is 130. The van der Waals surface area contributed by atoms with Crippen LogP contribution in [0.1, 0.15) is 71.3 Å². The highest BCUT2D eigenvalue weighted by Gasteiger charge is 2.38. The van der Waals surface area contributed by atoms with Crippen LogP contribution in [-0.4, -0.2) is 144 Å². The van der Waals surface area contributed by atoms with Gasteiger partial charge in [-0.05, 0) is 74.8 Å². The summed E-state index contributed by atoms with van der Waals surface area (Å²) in [5.74, 6) is -10.3. The highest BCUT2D eigenvalue weighted by atomic mass is 32.2. The lowest BCUT2D eigenvalue weighted by atomic mass is 10.0. The van der Waals surface area contributed by atoms with E-state index in [9.17, 15) is 66.6 Å². The minimum absolute atomic E-state index is 0.0690. The third-order valence-corrected chi connectivity index (χ3v) is 12.1. The van der Waals surface area contributed by atoms with Crippen LogP contribution in [0.25, 0.3) is 0 Å². The van der Waals surface area contributed by atoms with Gasteiger partial charge in [0.1, 0.15) is 49.1 Å². The largest absolute Gasteiger partial charge is 0.497 e. The van der Waals surface area contributed by atoms with Crippen molar-refractivity contribution in [2.24, 2.45) is 11.7 Å². The first-order valence-corrected chi connectivity index (χ1v) is 22.9. The van der Waals surface area contributed by atoms with Crippen molar-refractivity contribution in [2.45, 2.75) is 107 Å². The Morgan fingerprint density at radius 1 is 0.794 bits per heavy atom. The summed E-state index contributed by atoms with van der Waals surface area (Å²) in [7, 11) is -3.55. The Balaban J connectivity index is 1.85. The number of primary amides is 1. The van der Waals surface area contributed by atoms with Crippen molar-refractivity contribution in [3.63, 3.8) is 0 Å². The van der Waals surface area contributed by atoms with Gasteiger partial charge in [0.05, 0.1) is 18.6 Å². The molecule has 0 spiro atoms. The normalized spacial score (nSPS) is 15.1. The number of carbonyl (C=O) groups excluding carboxylic acids is 8. The van der Waals surface area contributed by atoms with Crippen LogP contribution >= 0.6 is 0 Å². The van der Waals surface area contributed by atoms with Crippen LogP contribution in [0, 0.1) is 5.92 Å². The van der Waals surface area contributed by atoms with Gasteiger partial charge in [-0.2, -0.15) is 0 Å². The number of aliphatic carboxylic acids is 2. The molecule has 0 aromatic heterocycles. The summed E-state index contributed by atoms with van der Waals surface area (Å²) in [6, 6.07) is 6.39. The van der Waals surface area contributed by atoms with E-state index >= 15 is 0 Å². The maximum absolute atomic E-state index is 14.0. The third-order valence-electron chi connectivity index (χ3n) is 10.3. The first-order chi connectivity index (χ1) is 32.0. The van der Waals surface area contributed by atoms with Crippen molar-refractivity contribution in [3.05, 3.63) is 60.2 Å². The molecule has 0 bridgehead atoms. The number of nitrogens with two attached hydrogens (primary N) is 1. The van der Waals surface area contributed by atoms with Gasteiger partial charge in [-0.1, -0.05) is 44.2 Å². The number of nitrogens with one attached hydrogen (secondary N) is 5. The molecule has 5 atom stereocenters. The van der Waals surface area contributed by atoms with E-state index in [2.05, 4.69) is 26.6 Å². The molecule has 1 fully saturated rings. The molecule has 1 aliphatic heterocycles. The molecule has 372 valence electrons. The molecular weight excluding hydrogens is 917 g/mol. The fourth-order valence-electron chi connectivity index (χ4n) is 6.69. The summed E-state index contributed by atoms with van der Waals surface area (Å²) < 4.78 is 38.7. The van der Waals surface area contributed by atoms with Crippen LogP contribution in [0.15, 0.2) is 59.5 Å². The van der Waals surface area contributed by atoms with Crippen LogP contribution in [-0.2, 0) is 64.5 Å². The number of sulfonamides is 1. The van der Waals surface area contributed by atoms with Gasteiger partial charge in [-0.25, -0.2) is 17.5 Å². The molecule has 0 radical (unpaired) electrons. The first-order valence-electron chi connectivity index (χ1n) is 21.4. The highest BCUT2D eigenvalue weighted by molar-refractivity contribution is 7.89. The zero-order valence-corrected chi connectivity index (χ0v) is 38.7. The number of benzene rings is 2. The van der Waals surface area contributed by atoms with E-state index in [0.717, 1.165) is 12.1 Å². The number of rotatable bonds is 26. The second kappa shape index (κ2) is 26.1. The van der Waals surface area contributed by atoms with Crippen LogP contribution in [0.5, 0.6) is 5.75 Å². The third kappa shape index (κ3) is 17.2. The Kier molecular flexibility index (Phi) is 21.1. The van der Waals surface area contributed by atoms with E-state index in [1.54, 1.807) is 44.2 Å². The van der Waals surface area contributed by atoms with Crippen LogP contribution in [0.3, 0.4) is 0 Å². The second-order valence-corrected chi connectivity index (χ2v) is 17.9. The maximum atomic E-state index is 14.0. The molecule has 1 heterocycles. The van der Waals surface area contributed by atoms with Crippen molar-refractivity contribution in [2.75, 3.05) is 26.7 Å². The number of carboxylic acids is 2. The van der Waals surface area contributed by atoms with Gasteiger partial charge in [-0.15, -0.1) is 0 Å². The molecule has 2 aromatic carbocycles. The molecule has 0 saturated carbocycles. The van der Waals surface area contributed by atoms with Gasteiger partial charge < -0.3 is 52.0 Å². The lowest BCUT2D eigenvalue weighted by Gasteiger charge is -2.27. The number of hydrogen-bond acceptors (Lipinski definition) is 14. The molecule has 1 aliphatic rings. The fraction of sp³-hybridized carbons (Fsp3) is 0.488. The van der Waals surface area contributed by atoms with E-state index in [4.69, 9.17) is 15.2 Å². The Morgan fingerprint density at radius 3 is 1.88 bits per heavy atom. The molecule has 2 aromatic rings. The standard InChI is InChI=1S/C43H58N8O16S/c1-25(2)21-32(41(61)49-31(17-19-37(56)57)40(60)48-30(16-18-36(54)55)39(59)46-26(3)38(44)58)47-34(52)23-51(68(64,65)29-14-12-28(66-4)13-15-29)35(53)22-45-42(62)33-11-8-20-50(33)43(63)67-24-27-9-6-5-7-10-27/h5-7,9-10,12-15,25-26,30-33H,8,11,16-24H2,1-4H3,(H2,44,58)(H,45,62)(H,46,59)(H,47,52)(H,48,60)(H,49,61)(H,54,55)(H,56,57)/t26-,30-,31-,32-,33-/m0/s1. The Bertz CT molecular complexity index is 2260. The molecule has 8 amide bonds. The quantitative estimate of drug-likeness (QED) is 0.0581. The number of hydrogen-bond donors (Lipinski definition) is 8. The van der Waals surface area contributed by atoms with Crippen molar-refractivity contribution < 1.29 is 76.0 Å². The smallest absolute Gasteiger partial charge is 0.410 e. The van der Waals surface area contributed by atoms with Gasteiger partial charge in [0.15, 0.2) is 0 Å². The van der Waals surface area contributed by atoms with Gasteiger partial charge in [-0.3, -0.25) is 48.1 Å². The predicted octanol–water partition coefficient (Wildman–Crippen LogP) is -0.650. The zero-order valence-electron chi connectivity index (χ0n) is 37.9. The summed E-state index contributed by atoms with van der Waals surface area (Å²) >= 11 is 0.